The van der Waals surface area contributed by atoms with Gasteiger partial charge in [0.25, 0.3) is 0 Å². The second-order valence-corrected chi connectivity index (χ2v) is 3.29. The van der Waals surface area contributed by atoms with Crippen molar-refractivity contribution in [3.8, 4) is 0 Å². The average molecular weight is 152 g/mol. The van der Waals surface area contributed by atoms with Crippen LogP contribution in [0.1, 0.15) is 46.0 Å². The third kappa shape index (κ3) is 1.92. The molecule has 0 N–H and O–H groups in total. The first-order chi connectivity index (χ1) is 5.25. The largest absolute Gasteiger partial charge is 0.295 e. The zero-order valence-electron chi connectivity index (χ0n) is 7.44. The van der Waals surface area contributed by atoms with E-state index in [0.717, 1.165) is 37.7 Å². The number of Topliss-reactive ketones (excluding diaryl/α,β-unsaturated/α-hetero) is 1. The second-order valence-electron chi connectivity index (χ2n) is 3.29. The van der Waals surface area contributed by atoms with Crippen molar-refractivity contribution in [2.45, 2.75) is 46.0 Å². The molecule has 0 spiro atoms. The predicted octanol–water partition coefficient (Wildman–Crippen LogP) is 2.86. The minimum atomic E-state index is 0.399. The molecule has 0 aliphatic heterocycles. The molecule has 0 aromatic carbocycles. The summed E-state index contributed by atoms with van der Waals surface area (Å²) in [7, 11) is 0. The highest BCUT2D eigenvalue weighted by molar-refractivity contribution is 5.97. The van der Waals surface area contributed by atoms with Gasteiger partial charge in [0.15, 0.2) is 5.78 Å². The Labute approximate surface area is 68.5 Å². The first kappa shape index (κ1) is 8.51. The van der Waals surface area contributed by atoms with Gasteiger partial charge in [-0.2, -0.15) is 0 Å². The van der Waals surface area contributed by atoms with Gasteiger partial charge in [0.05, 0.1) is 0 Å². The van der Waals surface area contributed by atoms with Crippen LogP contribution in [0.25, 0.3) is 0 Å². The molecule has 1 aliphatic rings. The third-order valence-electron chi connectivity index (χ3n) is 2.31. The van der Waals surface area contributed by atoms with Gasteiger partial charge in [-0.1, -0.05) is 18.9 Å². The van der Waals surface area contributed by atoms with Gasteiger partial charge in [-0.05, 0) is 31.8 Å². The lowest BCUT2D eigenvalue weighted by Gasteiger charge is -2.01. The van der Waals surface area contributed by atoms with Crippen LogP contribution in [0.5, 0.6) is 0 Å². The highest BCUT2D eigenvalue weighted by Gasteiger charge is 2.18. The maximum atomic E-state index is 11.2. The molecular weight excluding hydrogens is 136 g/mol. The molecule has 1 saturated carbocycles. The van der Waals surface area contributed by atoms with Crippen molar-refractivity contribution < 1.29 is 4.79 Å². The standard InChI is InChI=1S/C10H16O/c1-3-5-8(2)9-6-4-7-10(9)11/h3-7H2,1-2H3. The molecule has 62 valence electrons. The van der Waals surface area contributed by atoms with E-state index >= 15 is 0 Å². The fourth-order valence-corrected chi connectivity index (χ4v) is 1.69. The number of ketones is 1. The van der Waals surface area contributed by atoms with E-state index in [4.69, 9.17) is 0 Å². The number of hydrogen-bond donors (Lipinski definition) is 0. The minimum absolute atomic E-state index is 0.399. The summed E-state index contributed by atoms with van der Waals surface area (Å²) in [6, 6.07) is 0. The molecule has 1 heteroatoms. The van der Waals surface area contributed by atoms with Gasteiger partial charge in [0.1, 0.15) is 0 Å². The fourth-order valence-electron chi connectivity index (χ4n) is 1.69. The Kier molecular flexibility index (Phi) is 2.86. The number of hydrogen-bond acceptors (Lipinski definition) is 1. The third-order valence-corrected chi connectivity index (χ3v) is 2.31. The van der Waals surface area contributed by atoms with E-state index in [1.54, 1.807) is 0 Å². The summed E-state index contributed by atoms with van der Waals surface area (Å²) in [6.45, 7) is 4.26. The summed E-state index contributed by atoms with van der Waals surface area (Å²) in [5, 5.41) is 0. The number of allylic oxidation sites excluding steroid dienone is 2. The summed E-state index contributed by atoms with van der Waals surface area (Å²) >= 11 is 0. The number of carbonyl (C=O) groups is 1. The molecule has 0 aromatic rings. The lowest BCUT2D eigenvalue weighted by atomic mass is 10.0. The molecule has 0 aromatic heterocycles. The SMILES string of the molecule is CCCC(C)=C1CCCC1=O. The van der Waals surface area contributed by atoms with E-state index in [9.17, 15) is 4.79 Å². The lowest BCUT2D eigenvalue weighted by molar-refractivity contribution is -0.114. The van der Waals surface area contributed by atoms with Gasteiger partial charge in [-0.15, -0.1) is 0 Å². The molecule has 0 saturated heterocycles. The van der Waals surface area contributed by atoms with E-state index in [2.05, 4.69) is 13.8 Å². The van der Waals surface area contributed by atoms with Crippen LogP contribution in [0.3, 0.4) is 0 Å². The molecule has 11 heavy (non-hydrogen) atoms. The van der Waals surface area contributed by atoms with E-state index in [1.165, 1.54) is 5.57 Å². The van der Waals surface area contributed by atoms with Crippen molar-refractivity contribution in [3.05, 3.63) is 11.1 Å². The molecule has 0 amide bonds. The van der Waals surface area contributed by atoms with Crippen molar-refractivity contribution in [1.29, 1.82) is 0 Å². The maximum Gasteiger partial charge on any atom is 0.158 e. The summed E-state index contributed by atoms with van der Waals surface area (Å²) in [5.74, 6) is 0.399. The van der Waals surface area contributed by atoms with Gasteiger partial charge in [-0.25, -0.2) is 0 Å². The lowest BCUT2D eigenvalue weighted by Crippen LogP contribution is -1.95. The Hall–Kier alpha value is -0.590. The zero-order valence-corrected chi connectivity index (χ0v) is 7.44. The van der Waals surface area contributed by atoms with Crippen molar-refractivity contribution >= 4 is 5.78 Å². The van der Waals surface area contributed by atoms with Crippen LogP contribution in [0, 0.1) is 0 Å². The van der Waals surface area contributed by atoms with Crippen molar-refractivity contribution in [1.82, 2.24) is 0 Å². The van der Waals surface area contributed by atoms with Crippen molar-refractivity contribution in [2.24, 2.45) is 0 Å². The molecular formula is C10H16O. The summed E-state index contributed by atoms with van der Waals surface area (Å²) in [6.07, 6.45) is 5.15. The molecule has 1 aliphatic carbocycles. The normalized spacial score (nSPS) is 22.5. The fraction of sp³-hybridized carbons (Fsp3) is 0.700. The molecule has 0 radical (unpaired) electrons. The maximum absolute atomic E-state index is 11.2. The van der Waals surface area contributed by atoms with Crippen LogP contribution in [0.2, 0.25) is 0 Å². The van der Waals surface area contributed by atoms with Crippen molar-refractivity contribution in [2.75, 3.05) is 0 Å². The molecule has 1 fully saturated rings. The molecule has 0 atom stereocenters. The summed E-state index contributed by atoms with van der Waals surface area (Å²) in [4.78, 5) is 11.2. The van der Waals surface area contributed by atoms with E-state index in [-0.39, 0.29) is 0 Å². The Morgan fingerprint density at radius 2 is 2.18 bits per heavy atom. The van der Waals surface area contributed by atoms with Gasteiger partial charge in [0.2, 0.25) is 0 Å². The van der Waals surface area contributed by atoms with Crippen LogP contribution < -0.4 is 0 Å². The monoisotopic (exact) mass is 152 g/mol. The highest BCUT2D eigenvalue weighted by atomic mass is 16.1. The molecule has 0 unspecified atom stereocenters. The van der Waals surface area contributed by atoms with E-state index < -0.39 is 0 Å². The summed E-state index contributed by atoms with van der Waals surface area (Å²) in [5.41, 5.74) is 2.46. The zero-order chi connectivity index (χ0) is 8.27. The van der Waals surface area contributed by atoms with Crippen LogP contribution >= 0.6 is 0 Å². The van der Waals surface area contributed by atoms with Gasteiger partial charge in [-0.3, -0.25) is 4.79 Å². The topological polar surface area (TPSA) is 17.1 Å². The number of carbonyl (C=O) groups excluding carboxylic acids is 1. The van der Waals surface area contributed by atoms with Gasteiger partial charge >= 0.3 is 0 Å². The highest BCUT2D eigenvalue weighted by Crippen LogP contribution is 2.25. The minimum Gasteiger partial charge on any atom is -0.295 e. The number of rotatable bonds is 2. The second kappa shape index (κ2) is 3.70. The Morgan fingerprint density at radius 3 is 2.64 bits per heavy atom. The van der Waals surface area contributed by atoms with E-state index in [0.29, 0.717) is 5.78 Å². The van der Waals surface area contributed by atoms with Crippen LogP contribution in [-0.4, -0.2) is 5.78 Å². The van der Waals surface area contributed by atoms with Crippen LogP contribution in [0.4, 0.5) is 0 Å². The summed E-state index contributed by atoms with van der Waals surface area (Å²) < 4.78 is 0. The van der Waals surface area contributed by atoms with Gasteiger partial charge in [0, 0.05) is 6.42 Å². The Balaban J connectivity index is 2.68. The molecule has 0 heterocycles. The van der Waals surface area contributed by atoms with Gasteiger partial charge < -0.3 is 0 Å². The van der Waals surface area contributed by atoms with E-state index in [1.807, 2.05) is 0 Å². The Morgan fingerprint density at radius 1 is 1.45 bits per heavy atom. The first-order valence-electron chi connectivity index (χ1n) is 4.47. The Bertz CT molecular complexity index is 189. The molecule has 1 rings (SSSR count). The quantitative estimate of drug-likeness (QED) is 0.556. The van der Waals surface area contributed by atoms with Crippen LogP contribution in [-0.2, 0) is 4.79 Å². The van der Waals surface area contributed by atoms with Crippen LogP contribution in [0.15, 0.2) is 11.1 Å². The smallest absolute Gasteiger partial charge is 0.158 e. The molecule has 1 nitrogen and oxygen atoms in total. The first-order valence-corrected chi connectivity index (χ1v) is 4.47. The average Bonchev–Trinajstić information content (AvgIpc) is 2.36. The molecule has 0 bridgehead atoms. The van der Waals surface area contributed by atoms with Crippen molar-refractivity contribution in [3.63, 3.8) is 0 Å². The predicted molar refractivity (Wildman–Crippen MR) is 46.5 cm³/mol.